The van der Waals surface area contributed by atoms with Crippen LogP contribution in [0.2, 0.25) is 0 Å². The van der Waals surface area contributed by atoms with Gasteiger partial charge in [-0.25, -0.2) is 8.42 Å². The minimum atomic E-state index is -2.94. The highest BCUT2D eigenvalue weighted by Gasteiger charge is 2.14. The fourth-order valence-corrected chi connectivity index (χ4v) is 3.43. The zero-order valence-electron chi connectivity index (χ0n) is 11.4. The SMILES string of the molecule is CCC(C)CS(=O)(=O)CCNc1ccccc1C. The van der Waals surface area contributed by atoms with Crippen molar-refractivity contribution in [2.24, 2.45) is 5.92 Å². The van der Waals surface area contributed by atoms with Crippen molar-refractivity contribution in [3.05, 3.63) is 29.8 Å². The van der Waals surface area contributed by atoms with Crippen molar-refractivity contribution >= 4 is 15.5 Å². The van der Waals surface area contributed by atoms with Gasteiger partial charge in [0.15, 0.2) is 9.84 Å². The molecule has 1 atom stereocenters. The average molecular weight is 269 g/mol. The Morgan fingerprint density at radius 1 is 1.28 bits per heavy atom. The molecule has 0 spiro atoms. The predicted molar refractivity (Wildman–Crippen MR) is 77.8 cm³/mol. The smallest absolute Gasteiger partial charge is 0.152 e. The Morgan fingerprint density at radius 3 is 2.56 bits per heavy atom. The van der Waals surface area contributed by atoms with E-state index in [-0.39, 0.29) is 11.7 Å². The summed E-state index contributed by atoms with van der Waals surface area (Å²) < 4.78 is 23.7. The molecule has 0 fully saturated rings. The number of para-hydroxylation sites is 1. The Bertz CT molecular complexity index is 468. The van der Waals surface area contributed by atoms with Gasteiger partial charge in [-0.2, -0.15) is 0 Å². The summed E-state index contributed by atoms with van der Waals surface area (Å²) in [5, 5.41) is 3.18. The van der Waals surface area contributed by atoms with Crippen molar-refractivity contribution in [3.8, 4) is 0 Å². The largest absolute Gasteiger partial charge is 0.384 e. The summed E-state index contributed by atoms with van der Waals surface area (Å²) in [6.45, 7) is 6.48. The van der Waals surface area contributed by atoms with Crippen LogP contribution in [0.3, 0.4) is 0 Å². The monoisotopic (exact) mass is 269 g/mol. The summed E-state index contributed by atoms with van der Waals surface area (Å²) >= 11 is 0. The van der Waals surface area contributed by atoms with Crippen LogP contribution in [-0.2, 0) is 9.84 Å². The van der Waals surface area contributed by atoms with E-state index in [1.165, 1.54) is 0 Å². The maximum absolute atomic E-state index is 11.8. The van der Waals surface area contributed by atoms with Crippen molar-refractivity contribution in [1.82, 2.24) is 0 Å². The summed E-state index contributed by atoms with van der Waals surface area (Å²) in [7, 11) is -2.94. The predicted octanol–water partition coefficient (Wildman–Crippen LogP) is 2.87. The lowest BCUT2D eigenvalue weighted by molar-refractivity contribution is 0.564. The topological polar surface area (TPSA) is 46.2 Å². The highest BCUT2D eigenvalue weighted by molar-refractivity contribution is 7.91. The molecule has 0 aliphatic heterocycles. The molecule has 0 amide bonds. The molecule has 0 aliphatic carbocycles. The van der Waals surface area contributed by atoms with Gasteiger partial charge in [-0.05, 0) is 24.5 Å². The third-order valence-electron chi connectivity index (χ3n) is 3.11. The van der Waals surface area contributed by atoms with Crippen LogP contribution in [0, 0.1) is 12.8 Å². The van der Waals surface area contributed by atoms with E-state index in [1.807, 2.05) is 45.0 Å². The molecule has 1 N–H and O–H groups in total. The Morgan fingerprint density at radius 2 is 1.94 bits per heavy atom. The first-order valence-electron chi connectivity index (χ1n) is 6.44. The van der Waals surface area contributed by atoms with Crippen molar-refractivity contribution in [1.29, 1.82) is 0 Å². The Kier molecular flexibility index (Phi) is 5.66. The van der Waals surface area contributed by atoms with E-state index in [9.17, 15) is 8.42 Å². The number of anilines is 1. The van der Waals surface area contributed by atoms with E-state index in [1.54, 1.807) is 0 Å². The molecule has 1 aromatic carbocycles. The van der Waals surface area contributed by atoms with E-state index in [0.717, 1.165) is 17.7 Å². The van der Waals surface area contributed by atoms with Crippen LogP contribution in [0.25, 0.3) is 0 Å². The normalized spacial score (nSPS) is 13.3. The summed E-state index contributed by atoms with van der Waals surface area (Å²) in [6, 6.07) is 7.90. The fraction of sp³-hybridized carbons (Fsp3) is 0.571. The first kappa shape index (κ1) is 15.0. The minimum absolute atomic E-state index is 0.200. The van der Waals surface area contributed by atoms with Gasteiger partial charge in [0.05, 0.1) is 11.5 Å². The highest BCUT2D eigenvalue weighted by atomic mass is 32.2. The maximum Gasteiger partial charge on any atom is 0.152 e. The molecular weight excluding hydrogens is 246 g/mol. The second kappa shape index (κ2) is 6.78. The molecule has 18 heavy (non-hydrogen) atoms. The highest BCUT2D eigenvalue weighted by Crippen LogP contribution is 2.13. The fourth-order valence-electron chi connectivity index (χ4n) is 1.75. The Labute approximate surface area is 111 Å². The molecule has 0 saturated carbocycles. The van der Waals surface area contributed by atoms with Gasteiger partial charge < -0.3 is 5.32 Å². The molecule has 0 aromatic heterocycles. The van der Waals surface area contributed by atoms with Crippen LogP contribution in [0.5, 0.6) is 0 Å². The van der Waals surface area contributed by atoms with E-state index in [0.29, 0.717) is 12.3 Å². The lowest BCUT2D eigenvalue weighted by atomic mass is 10.2. The summed E-state index contributed by atoms with van der Waals surface area (Å²) in [6.07, 6.45) is 0.907. The maximum atomic E-state index is 11.8. The van der Waals surface area contributed by atoms with Crippen molar-refractivity contribution in [2.75, 3.05) is 23.4 Å². The van der Waals surface area contributed by atoms with E-state index in [2.05, 4.69) is 5.32 Å². The molecule has 1 unspecified atom stereocenters. The van der Waals surface area contributed by atoms with Crippen LogP contribution in [0.15, 0.2) is 24.3 Å². The first-order valence-corrected chi connectivity index (χ1v) is 8.26. The van der Waals surface area contributed by atoms with E-state index >= 15 is 0 Å². The number of sulfone groups is 1. The van der Waals surface area contributed by atoms with Gasteiger partial charge in [-0.3, -0.25) is 0 Å². The third kappa shape index (κ3) is 5.08. The summed E-state index contributed by atoms with van der Waals surface area (Å²) in [5.74, 6) is 0.735. The van der Waals surface area contributed by atoms with Gasteiger partial charge in [0, 0.05) is 12.2 Å². The summed E-state index contributed by atoms with van der Waals surface area (Å²) in [5.41, 5.74) is 2.15. The molecule has 0 radical (unpaired) electrons. The molecule has 102 valence electrons. The number of rotatable bonds is 7. The van der Waals surface area contributed by atoms with Gasteiger partial charge in [0.2, 0.25) is 0 Å². The van der Waals surface area contributed by atoms with Crippen LogP contribution in [0.1, 0.15) is 25.8 Å². The van der Waals surface area contributed by atoms with Crippen molar-refractivity contribution in [2.45, 2.75) is 27.2 Å². The number of nitrogens with one attached hydrogen (secondary N) is 1. The molecule has 0 heterocycles. The van der Waals surface area contributed by atoms with Crippen LogP contribution < -0.4 is 5.32 Å². The molecule has 1 rings (SSSR count). The lowest BCUT2D eigenvalue weighted by Gasteiger charge is -2.11. The quantitative estimate of drug-likeness (QED) is 0.828. The Balaban J connectivity index is 2.44. The van der Waals surface area contributed by atoms with Crippen LogP contribution in [0.4, 0.5) is 5.69 Å². The van der Waals surface area contributed by atoms with E-state index in [4.69, 9.17) is 0 Å². The average Bonchev–Trinajstić information content (AvgIpc) is 2.30. The first-order chi connectivity index (χ1) is 8.44. The third-order valence-corrected chi connectivity index (χ3v) is 5.01. The second-order valence-electron chi connectivity index (χ2n) is 4.87. The van der Waals surface area contributed by atoms with Crippen LogP contribution in [-0.4, -0.2) is 26.5 Å². The number of hydrogen-bond acceptors (Lipinski definition) is 3. The molecule has 4 heteroatoms. The zero-order valence-corrected chi connectivity index (χ0v) is 12.3. The molecule has 0 aliphatic rings. The summed E-state index contributed by atoms with van der Waals surface area (Å²) in [4.78, 5) is 0. The van der Waals surface area contributed by atoms with E-state index < -0.39 is 9.84 Å². The van der Waals surface area contributed by atoms with Crippen molar-refractivity contribution in [3.63, 3.8) is 0 Å². The zero-order chi connectivity index (χ0) is 13.6. The molecule has 0 bridgehead atoms. The van der Waals surface area contributed by atoms with Gasteiger partial charge in [-0.15, -0.1) is 0 Å². The van der Waals surface area contributed by atoms with Gasteiger partial charge in [0.1, 0.15) is 0 Å². The van der Waals surface area contributed by atoms with Gasteiger partial charge in [-0.1, -0.05) is 38.5 Å². The Hall–Kier alpha value is -1.03. The van der Waals surface area contributed by atoms with Crippen LogP contribution >= 0.6 is 0 Å². The molecular formula is C14H23NO2S. The van der Waals surface area contributed by atoms with Crippen molar-refractivity contribution < 1.29 is 8.42 Å². The van der Waals surface area contributed by atoms with Gasteiger partial charge >= 0.3 is 0 Å². The standard InChI is InChI=1S/C14H23NO2S/c1-4-12(2)11-18(16,17)10-9-15-14-8-6-5-7-13(14)3/h5-8,12,15H,4,9-11H2,1-3H3. The number of hydrogen-bond donors (Lipinski definition) is 1. The lowest BCUT2D eigenvalue weighted by Crippen LogP contribution is -2.21. The molecule has 0 saturated heterocycles. The minimum Gasteiger partial charge on any atom is -0.384 e. The second-order valence-corrected chi connectivity index (χ2v) is 7.10. The molecule has 3 nitrogen and oxygen atoms in total. The van der Waals surface area contributed by atoms with Gasteiger partial charge in [0.25, 0.3) is 0 Å². The number of benzene rings is 1. The molecule has 1 aromatic rings. The number of aryl methyl sites for hydroxylation is 1.